The Labute approximate surface area is 58.0 Å². The molecule has 0 N–H and O–H groups in total. The lowest BCUT2D eigenvalue weighted by Gasteiger charge is -1.87. The van der Waals surface area contributed by atoms with E-state index in [9.17, 15) is 8.42 Å². The second-order valence-corrected chi connectivity index (χ2v) is 3.91. The Morgan fingerprint density at radius 1 is 1.44 bits per heavy atom. The Morgan fingerprint density at radius 3 is 2.33 bits per heavy atom. The van der Waals surface area contributed by atoms with Crippen molar-refractivity contribution in [1.82, 2.24) is 0 Å². The van der Waals surface area contributed by atoms with Crippen LogP contribution in [0.15, 0.2) is 11.5 Å². The number of allylic oxidation sites excluding steroid dienone is 1. The summed E-state index contributed by atoms with van der Waals surface area (Å²) in [4.78, 5) is 0. The minimum atomic E-state index is -2.86. The third kappa shape index (κ3) is 4.21. The van der Waals surface area contributed by atoms with Crippen molar-refractivity contribution in [3.05, 3.63) is 11.5 Å². The molecule has 0 heterocycles. The lowest BCUT2D eigenvalue weighted by Crippen LogP contribution is -1.96. The van der Waals surface area contributed by atoms with Crippen LogP contribution in [0.5, 0.6) is 0 Å². The molecular weight excluding hydrogens is 136 g/mol. The lowest BCUT2D eigenvalue weighted by atomic mass is 10.5. The molecule has 56 valence electrons. The number of rotatable bonds is 3. The van der Waals surface area contributed by atoms with Crippen LogP contribution in [0.4, 0.5) is 0 Å². The zero-order chi connectivity index (χ0) is 7.33. The fourth-order valence-corrected chi connectivity index (χ4v) is 1.02. The van der Waals surface area contributed by atoms with Gasteiger partial charge >= 0.3 is 0 Å². The van der Waals surface area contributed by atoms with Gasteiger partial charge in [-0.2, -0.15) is 0 Å². The molecule has 0 aromatic rings. The highest BCUT2D eigenvalue weighted by molar-refractivity contribution is 7.94. The average Bonchev–Trinajstić information content (AvgIpc) is 1.84. The van der Waals surface area contributed by atoms with E-state index in [1.165, 1.54) is 5.41 Å². The highest BCUT2D eigenvalue weighted by Crippen LogP contribution is 1.92. The second-order valence-electron chi connectivity index (χ2n) is 1.73. The number of hydrogen-bond acceptors (Lipinski definition) is 2. The van der Waals surface area contributed by atoms with Gasteiger partial charge in [-0.3, -0.25) is 0 Å². The van der Waals surface area contributed by atoms with E-state index in [-0.39, 0.29) is 7.18 Å². The molecule has 0 radical (unpaired) electrons. The fourth-order valence-electron chi connectivity index (χ4n) is 0.339. The van der Waals surface area contributed by atoms with Crippen LogP contribution in [0.2, 0.25) is 0 Å². The molecule has 0 rings (SSSR count). The van der Waals surface area contributed by atoms with E-state index in [1.807, 2.05) is 6.92 Å². The third-order valence-electron chi connectivity index (χ3n) is 0.942. The Morgan fingerprint density at radius 2 is 2.00 bits per heavy atom. The van der Waals surface area contributed by atoms with Crippen LogP contribution in [0.3, 0.4) is 0 Å². The van der Waals surface area contributed by atoms with Gasteiger partial charge in [0.1, 0.15) is 0 Å². The molecule has 0 unspecified atom stereocenters. The summed E-state index contributed by atoms with van der Waals surface area (Å²) in [5.41, 5.74) is 0. The Hall–Kier alpha value is -0.310. The largest absolute Gasteiger partial charge is 0.224 e. The van der Waals surface area contributed by atoms with Crippen LogP contribution in [0.25, 0.3) is 0 Å². The van der Waals surface area contributed by atoms with Gasteiger partial charge in [0.25, 0.3) is 0 Å². The normalized spacial score (nSPS) is 12.7. The molecule has 9 heavy (non-hydrogen) atoms. The van der Waals surface area contributed by atoms with Gasteiger partial charge in [0.15, 0.2) is 9.84 Å². The lowest BCUT2D eigenvalue weighted by molar-refractivity contribution is 0.605. The second kappa shape index (κ2) is 3.67. The summed E-state index contributed by atoms with van der Waals surface area (Å²) in [5.74, 6) is 0.198. The van der Waals surface area contributed by atoms with Crippen molar-refractivity contribution < 1.29 is 9.84 Å². The van der Waals surface area contributed by atoms with Crippen molar-refractivity contribution in [2.45, 2.75) is 20.3 Å². The molecule has 2 nitrogen and oxygen atoms in total. The van der Waals surface area contributed by atoms with E-state index < -0.39 is 9.84 Å². The smallest absolute Gasteiger partial charge is 0.171 e. The molecule has 0 aromatic heterocycles. The Kier molecular flexibility index (Phi) is 3.54. The maximum atomic E-state index is 10.7. The van der Waals surface area contributed by atoms with Crippen LogP contribution in [0, 0.1) is 0 Å². The summed E-state index contributed by atoms with van der Waals surface area (Å²) in [7, 11) is -2.86. The monoisotopic (exact) mass is 150 g/mol. The van der Waals surface area contributed by atoms with E-state index >= 15 is 0 Å². The van der Waals surface area contributed by atoms with Gasteiger partial charge in [-0.05, 0) is 6.42 Å². The molecule has 3 heteroatoms. The zero-order valence-electron chi connectivity index (χ0n) is 5.79. The zero-order valence-corrected chi connectivity index (χ0v) is 6.61. The molecule has 0 amide bonds. The summed E-state index contributed by atoms with van der Waals surface area (Å²) in [5, 5.41) is 1.27. The van der Waals surface area contributed by atoms with Crippen LogP contribution >= 0.6 is 0 Å². The van der Waals surface area contributed by atoms with E-state index in [0.717, 1.165) is 6.42 Å². The van der Waals surface area contributed by atoms with E-state index in [2.05, 4.69) is 0 Å². The summed E-state index contributed by atoms with van der Waals surface area (Å²) in [6, 6.07) is 0. The van der Waals surface area contributed by atoms with Gasteiger partial charge in [-0.15, -0.1) is 0 Å². The van der Waals surface area contributed by atoms with Gasteiger partial charge in [0.05, 0.1) is 5.75 Å². The summed E-state index contributed by atoms with van der Waals surface area (Å²) < 4.78 is 21.3. The van der Waals surface area contributed by atoms with E-state index in [1.54, 1.807) is 13.0 Å². The van der Waals surface area contributed by atoms with Crippen LogP contribution in [-0.2, 0) is 9.84 Å². The van der Waals surface area contributed by atoms with Gasteiger partial charge in [0.2, 0.25) is 0 Å². The van der Waals surface area contributed by atoms with E-state index in [0.29, 0.717) is 0 Å². The molecule has 0 atom stereocenters. The molecule has 0 aliphatic heterocycles. The first-order valence-electron chi connectivity index (χ1n) is 3.01. The van der Waals surface area contributed by atoms with Gasteiger partial charge in [-0.1, -0.05) is 19.9 Å². The van der Waals surface area contributed by atoms with Crippen molar-refractivity contribution in [2.24, 2.45) is 0 Å². The molecule has 0 saturated heterocycles. The van der Waals surface area contributed by atoms with Gasteiger partial charge in [-0.25, -0.2) is 8.42 Å². The Bertz CT molecular complexity index is 182. The quantitative estimate of drug-likeness (QED) is 0.612. The summed E-state index contributed by atoms with van der Waals surface area (Å²) >= 11 is 0. The van der Waals surface area contributed by atoms with Gasteiger partial charge < -0.3 is 0 Å². The first kappa shape index (κ1) is 8.69. The summed E-state index contributed by atoms with van der Waals surface area (Å²) in [6.07, 6.45) is 2.43. The molecule has 0 aromatic carbocycles. The predicted octanol–water partition coefficient (Wildman–Crippen LogP) is 1.59. The van der Waals surface area contributed by atoms with Crippen LogP contribution in [-0.4, -0.2) is 14.2 Å². The maximum Gasteiger partial charge on any atom is 0.171 e. The first-order chi connectivity index (χ1) is 4.12. The molecule has 0 aliphatic rings. The number of sulfone groups is 1. The minimum Gasteiger partial charge on any atom is -0.224 e. The molecule has 0 fully saturated rings. The summed E-state index contributed by atoms with van der Waals surface area (Å²) in [6.45, 7) is 3.54. The standard InChI is InChI=1S/C6H12O2S.H2/c1-3-5-6-9(7,8)4-2;/h5-6H,3-4H2,1-2H3;1H/b6-5+;. The van der Waals surface area contributed by atoms with Crippen molar-refractivity contribution in [3.63, 3.8) is 0 Å². The minimum absolute atomic E-state index is 0. The molecule has 0 spiro atoms. The average molecular weight is 150 g/mol. The van der Waals surface area contributed by atoms with Crippen molar-refractivity contribution >= 4 is 9.84 Å². The predicted molar refractivity (Wildman–Crippen MR) is 41.0 cm³/mol. The SMILES string of the molecule is CC/C=C/S(=O)(=O)CC.[HH]. The topological polar surface area (TPSA) is 34.1 Å². The Balaban J connectivity index is 0. The van der Waals surface area contributed by atoms with Crippen LogP contribution in [0.1, 0.15) is 21.7 Å². The van der Waals surface area contributed by atoms with Crippen molar-refractivity contribution in [2.75, 3.05) is 5.75 Å². The van der Waals surface area contributed by atoms with E-state index in [4.69, 9.17) is 0 Å². The molecular formula is C6H14O2S. The maximum absolute atomic E-state index is 10.7. The van der Waals surface area contributed by atoms with Gasteiger partial charge in [0, 0.05) is 6.83 Å². The first-order valence-corrected chi connectivity index (χ1v) is 4.73. The third-order valence-corrected chi connectivity index (χ3v) is 2.35. The molecule has 0 aliphatic carbocycles. The highest BCUT2D eigenvalue weighted by Gasteiger charge is 1.97. The number of hydrogen-bond donors (Lipinski definition) is 0. The fraction of sp³-hybridized carbons (Fsp3) is 0.667. The highest BCUT2D eigenvalue weighted by atomic mass is 32.2. The van der Waals surface area contributed by atoms with Crippen LogP contribution < -0.4 is 0 Å². The van der Waals surface area contributed by atoms with Crippen molar-refractivity contribution in [3.8, 4) is 0 Å². The molecule has 0 saturated carbocycles. The van der Waals surface area contributed by atoms with Crippen molar-refractivity contribution in [1.29, 1.82) is 0 Å². The molecule has 0 bridgehead atoms.